The maximum Gasteiger partial charge on any atom is 0.417 e. The van der Waals surface area contributed by atoms with E-state index in [1.807, 2.05) is 20.8 Å². The zero-order valence-electron chi connectivity index (χ0n) is 13.0. The molecule has 6 nitrogen and oxygen atoms in total. The SMILES string of the molecule is C#CCCOC(=O)N1C(=O)C(OCC(C)OC)C1C(C)C. The molecule has 3 unspecified atom stereocenters. The smallest absolute Gasteiger partial charge is 0.417 e. The van der Waals surface area contributed by atoms with Crippen LogP contribution in [0.15, 0.2) is 0 Å². The predicted molar refractivity (Wildman–Crippen MR) is 76.5 cm³/mol. The molecule has 0 aromatic carbocycles. The van der Waals surface area contributed by atoms with Gasteiger partial charge in [-0.2, -0.15) is 0 Å². The minimum absolute atomic E-state index is 0.0748. The average molecular weight is 297 g/mol. The van der Waals surface area contributed by atoms with Crippen LogP contribution in [0.25, 0.3) is 0 Å². The van der Waals surface area contributed by atoms with Crippen molar-refractivity contribution in [1.82, 2.24) is 4.90 Å². The highest BCUT2D eigenvalue weighted by Gasteiger charge is 2.53. The number of carbonyl (C=O) groups excluding carboxylic acids is 2. The van der Waals surface area contributed by atoms with E-state index in [1.54, 1.807) is 7.11 Å². The standard InChI is InChI=1S/C15H23NO5/c1-6-7-8-20-15(18)16-12(10(2)3)13(14(16)17)21-9-11(4)19-5/h1,10-13H,7-9H2,2-5H3. The van der Waals surface area contributed by atoms with E-state index in [4.69, 9.17) is 20.6 Å². The fourth-order valence-electron chi connectivity index (χ4n) is 2.09. The number of β-lactam (4-membered cyclic amide) rings is 1. The van der Waals surface area contributed by atoms with Gasteiger partial charge in [0.2, 0.25) is 0 Å². The molecule has 1 aliphatic heterocycles. The second-order valence-electron chi connectivity index (χ2n) is 5.31. The van der Waals surface area contributed by atoms with E-state index < -0.39 is 12.2 Å². The topological polar surface area (TPSA) is 65.1 Å². The van der Waals surface area contributed by atoms with Crippen LogP contribution >= 0.6 is 0 Å². The van der Waals surface area contributed by atoms with Gasteiger partial charge in [0.1, 0.15) is 6.61 Å². The van der Waals surface area contributed by atoms with Crippen molar-refractivity contribution >= 4 is 12.0 Å². The number of rotatable bonds is 7. The van der Waals surface area contributed by atoms with Gasteiger partial charge < -0.3 is 14.2 Å². The zero-order valence-corrected chi connectivity index (χ0v) is 13.0. The van der Waals surface area contributed by atoms with Crippen molar-refractivity contribution in [2.75, 3.05) is 20.3 Å². The van der Waals surface area contributed by atoms with Gasteiger partial charge in [-0.05, 0) is 12.8 Å². The van der Waals surface area contributed by atoms with Crippen molar-refractivity contribution in [3.63, 3.8) is 0 Å². The number of amides is 2. The second kappa shape index (κ2) is 8.01. The highest BCUT2D eigenvalue weighted by molar-refractivity contribution is 6.01. The Labute approximate surface area is 125 Å². The van der Waals surface area contributed by atoms with E-state index in [2.05, 4.69) is 5.92 Å². The van der Waals surface area contributed by atoms with E-state index in [9.17, 15) is 9.59 Å². The molecule has 0 spiro atoms. The number of methoxy groups -OCH3 is 1. The molecule has 21 heavy (non-hydrogen) atoms. The number of nitrogens with zero attached hydrogens (tertiary/aromatic N) is 1. The van der Waals surface area contributed by atoms with Crippen molar-refractivity contribution in [2.45, 2.75) is 45.4 Å². The molecule has 1 aliphatic rings. The Morgan fingerprint density at radius 1 is 1.43 bits per heavy atom. The van der Waals surface area contributed by atoms with Crippen LogP contribution in [0.3, 0.4) is 0 Å². The van der Waals surface area contributed by atoms with Gasteiger partial charge >= 0.3 is 6.09 Å². The molecule has 1 heterocycles. The van der Waals surface area contributed by atoms with Crippen LogP contribution in [0.2, 0.25) is 0 Å². The van der Waals surface area contributed by atoms with Crippen LogP contribution in [0.1, 0.15) is 27.2 Å². The summed E-state index contributed by atoms with van der Waals surface area (Å²) in [5.74, 6) is 2.07. The average Bonchev–Trinajstić information content (AvgIpc) is 2.44. The van der Waals surface area contributed by atoms with Gasteiger partial charge in [-0.3, -0.25) is 4.79 Å². The Morgan fingerprint density at radius 2 is 2.10 bits per heavy atom. The van der Waals surface area contributed by atoms with Crippen LogP contribution in [0.4, 0.5) is 4.79 Å². The van der Waals surface area contributed by atoms with E-state index in [-0.39, 0.29) is 30.6 Å². The Kier molecular flexibility index (Phi) is 6.66. The summed E-state index contributed by atoms with van der Waals surface area (Å²) in [7, 11) is 1.58. The quantitative estimate of drug-likeness (QED) is 0.404. The van der Waals surface area contributed by atoms with Gasteiger partial charge in [0.05, 0.1) is 18.8 Å². The molecule has 0 radical (unpaired) electrons. The lowest BCUT2D eigenvalue weighted by Crippen LogP contribution is -2.69. The highest BCUT2D eigenvalue weighted by atomic mass is 16.6. The predicted octanol–water partition coefficient (Wildman–Crippen LogP) is 1.43. The van der Waals surface area contributed by atoms with Gasteiger partial charge in [-0.1, -0.05) is 13.8 Å². The van der Waals surface area contributed by atoms with Crippen LogP contribution in [-0.4, -0.2) is 55.5 Å². The number of hydrogen-bond donors (Lipinski definition) is 0. The monoisotopic (exact) mass is 297 g/mol. The van der Waals surface area contributed by atoms with Crippen LogP contribution in [-0.2, 0) is 19.0 Å². The van der Waals surface area contributed by atoms with Crippen molar-refractivity contribution in [2.24, 2.45) is 5.92 Å². The Balaban J connectivity index is 2.60. The number of likely N-dealkylation sites (tertiary alicyclic amines) is 1. The number of hydrogen-bond acceptors (Lipinski definition) is 5. The third kappa shape index (κ3) is 4.19. The van der Waals surface area contributed by atoms with Crippen LogP contribution in [0, 0.1) is 18.3 Å². The summed E-state index contributed by atoms with van der Waals surface area (Å²) < 4.78 is 15.6. The lowest BCUT2D eigenvalue weighted by molar-refractivity contribution is -0.176. The molecule has 1 saturated heterocycles. The first-order valence-corrected chi connectivity index (χ1v) is 7.01. The fraction of sp³-hybridized carbons (Fsp3) is 0.733. The molecular weight excluding hydrogens is 274 g/mol. The molecule has 6 heteroatoms. The first-order chi connectivity index (χ1) is 9.93. The molecule has 1 fully saturated rings. The maximum absolute atomic E-state index is 12.1. The zero-order chi connectivity index (χ0) is 16.0. The molecule has 118 valence electrons. The van der Waals surface area contributed by atoms with E-state index in [0.29, 0.717) is 13.0 Å². The molecule has 2 amide bonds. The summed E-state index contributed by atoms with van der Waals surface area (Å²) in [5.41, 5.74) is 0. The minimum Gasteiger partial charge on any atom is -0.448 e. The summed E-state index contributed by atoms with van der Waals surface area (Å²) in [5, 5.41) is 0. The number of imide groups is 1. The number of carbonyl (C=O) groups is 2. The van der Waals surface area contributed by atoms with E-state index in [1.165, 1.54) is 0 Å². The summed E-state index contributed by atoms with van der Waals surface area (Å²) >= 11 is 0. The van der Waals surface area contributed by atoms with Gasteiger partial charge in [0.15, 0.2) is 6.10 Å². The van der Waals surface area contributed by atoms with Gasteiger partial charge in [-0.15, -0.1) is 12.3 Å². The summed E-state index contributed by atoms with van der Waals surface area (Å²) in [6.45, 7) is 6.11. The minimum atomic E-state index is -0.659. The molecule has 0 bridgehead atoms. The molecule has 0 aromatic heterocycles. The van der Waals surface area contributed by atoms with Gasteiger partial charge in [-0.25, -0.2) is 9.69 Å². The first kappa shape index (κ1) is 17.5. The number of ether oxygens (including phenoxy) is 3. The summed E-state index contributed by atoms with van der Waals surface area (Å²) in [4.78, 5) is 25.1. The molecule has 1 rings (SSSR count). The molecule has 0 aromatic rings. The Hall–Kier alpha value is -1.58. The van der Waals surface area contributed by atoms with Gasteiger partial charge in [0.25, 0.3) is 5.91 Å². The highest BCUT2D eigenvalue weighted by Crippen LogP contribution is 2.30. The van der Waals surface area contributed by atoms with Gasteiger partial charge in [0, 0.05) is 13.5 Å². The maximum atomic E-state index is 12.1. The summed E-state index contributed by atoms with van der Waals surface area (Å²) in [6.07, 6.45) is 4.02. The number of terminal acetylenes is 1. The van der Waals surface area contributed by atoms with Crippen molar-refractivity contribution in [1.29, 1.82) is 0 Å². The fourth-order valence-corrected chi connectivity index (χ4v) is 2.09. The third-order valence-electron chi connectivity index (χ3n) is 3.35. The lowest BCUT2D eigenvalue weighted by atomic mass is 9.88. The normalized spacial score (nSPS) is 22.7. The molecule has 0 N–H and O–H groups in total. The van der Waals surface area contributed by atoms with Crippen molar-refractivity contribution < 1.29 is 23.8 Å². The van der Waals surface area contributed by atoms with Crippen LogP contribution < -0.4 is 0 Å². The Morgan fingerprint density at radius 3 is 2.62 bits per heavy atom. The van der Waals surface area contributed by atoms with Crippen molar-refractivity contribution in [3.8, 4) is 12.3 Å². The Bertz CT molecular complexity index is 415. The molecule has 0 saturated carbocycles. The molecule has 3 atom stereocenters. The van der Waals surface area contributed by atoms with E-state index in [0.717, 1.165) is 4.90 Å². The lowest BCUT2D eigenvalue weighted by Gasteiger charge is -2.46. The third-order valence-corrected chi connectivity index (χ3v) is 3.35. The second-order valence-corrected chi connectivity index (χ2v) is 5.31. The molecule has 0 aliphatic carbocycles. The van der Waals surface area contributed by atoms with Crippen molar-refractivity contribution in [3.05, 3.63) is 0 Å². The largest absolute Gasteiger partial charge is 0.448 e. The van der Waals surface area contributed by atoms with Crippen LogP contribution in [0.5, 0.6) is 0 Å². The summed E-state index contributed by atoms with van der Waals surface area (Å²) in [6, 6.07) is -0.320. The first-order valence-electron chi connectivity index (χ1n) is 7.01. The molecular formula is C15H23NO5. The van der Waals surface area contributed by atoms with E-state index >= 15 is 0 Å².